The zero-order chi connectivity index (χ0) is 14.1. The van der Waals surface area contributed by atoms with Gasteiger partial charge in [0.2, 0.25) is 0 Å². The van der Waals surface area contributed by atoms with Gasteiger partial charge in [0.05, 0.1) is 23.5 Å². The van der Waals surface area contributed by atoms with Gasteiger partial charge in [-0.3, -0.25) is 9.78 Å². The Kier molecular flexibility index (Phi) is 3.40. The van der Waals surface area contributed by atoms with E-state index in [1.54, 1.807) is 29.3 Å². The van der Waals surface area contributed by atoms with Crippen molar-refractivity contribution in [2.24, 2.45) is 0 Å². The third-order valence-electron chi connectivity index (χ3n) is 3.95. The fraction of sp³-hybridized carbons (Fsp3) is 0.500. The van der Waals surface area contributed by atoms with Gasteiger partial charge in [0.1, 0.15) is 0 Å². The molecule has 1 fully saturated rings. The standard InChI is InChI=1S/C14H19N5O/c1-9-3-4-12(10(2)17-9)18-14(20)11-7-16-19-6-5-15-8-13(11)19/h5-10,12,17H,3-4H2,1-2H3,(H,18,20). The van der Waals surface area contributed by atoms with Gasteiger partial charge in [-0.25, -0.2) is 4.52 Å². The molecule has 106 valence electrons. The molecule has 6 heteroatoms. The van der Waals surface area contributed by atoms with E-state index < -0.39 is 0 Å². The number of hydrogen-bond acceptors (Lipinski definition) is 4. The van der Waals surface area contributed by atoms with Crippen LogP contribution in [0.1, 0.15) is 37.0 Å². The maximum Gasteiger partial charge on any atom is 0.255 e. The molecule has 0 aromatic carbocycles. The number of nitrogens with one attached hydrogen (secondary N) is 2. The Morgan fingerprint density at radius 3 is 3.05 bits per heavy atom. The van der Waals surface area contributed by atoms with Crippen LogP contribution >= 0.6 is 0 Å². The highest BCUT2D eigenvalue weighted by atomic mass is 16.1. The molecule has 2 aromatic heterocycles. The molecule has 1 aliphatic rings. The van der Waals surface area contributed by atoms with Gasteiger partial charge in [-0.05, 0) is 26.7 Å². The largest absolute Gasteiger partial charge is 0.348 e. The van der Waals surface area contributed by atoms with Gasteiger partial charge in [-0.1, -0.05) is 0 Å². The summed E-state index contributed by atoms with van der Waals surface area (Å²) in [6.07, 6.45) is 8.71. The third-order valence-corrected chi connectivity index (χ3v) is 3.95. The zero-order valence-corrected chi connectivity index (χ0v) is 11.7. The van der Waals surface area contributed by atoms with E-state index in [-0.39, 0.29) is 18.0 Å². The molecular weight excluding hydrogens is 254 g/mol. The summed E-state index contributed by atoms with van der Waals surface area (Å²) in [6, 6.07) is 0.951. The molecule has 2 N–H and O–H groups in total. The van der Waals surface area contributed by atoms with Crippen LogP contribution in [-0.4, -0.2) is 38.6 Å². The smallest absolute Gasteiger partial charge is 0.255 e. The minimum absolute atomic E-state index is 0.0822. The second-order valence-corrected chi connectivity index (χ2v) is 5.48. The second kappa shape index (κ2) is 5.20. The van der Waals surface area contributed by atoms with Crippen molar-refractivity contribution in [2.45, 2.75) is 44.8 Å². The summed E-state index contributed by atoms with van der Waals surface area (Å²) < 4.78 is 1.66. The molecule has 3 unspecified atom stereocenters. The molecule has 0 spiro atoms. The number of carbonyl (C=O) groups excluding carboxylic acids is 1. The lowest BCUT2D eigenvalue weighted by atomic mass is 9.95. The Labute approximate surface area is 117 Å². The summed E-state index contributed by atoms with van der Waals surface area (Å²) in [5.74, 6) is -0.0822. The number of amides is 1. The molecule has 0 aliphatic carbocycles. The number of carbonyl (C=O) groups is 1. The number of nitrogens with zero attached hydrogens (tertiary/aromatic N) is 3. The zero-order valence-electron chi connectivity index (χ0n) is 11.7. The lowest BCUT2D eigenvalue weighted by molar-refractivity contribution is 0.0916. The average molecular weight is 273 g/mol. The van der Waals surface area contributed by atoms with E-state index in [4.69, 9.17) is 0 Å². The van der Waals surface area contributed by atoms with Crippen LogP contribution in [0.5, 0.6) is 0 Å². The normalized spacial score (nSPS) is 26.6. The highest BCUT2D eigenvalue weighted by Crippen LogP contribution is 2.15. The Balaban J connectivity index is 1.76. The molecule has 3 atom stereocenters. The van der Waals surface area contributed by atoms with E-state index >= 15 is 0 Å². The first-order valence-electron chi connectivity index (χ1n) is 6.99. The Morgan fingerprint density at radius 2 is 2.25 bits per heavy atom. The van der Waals surface area contributed by atoms with Gasteiger partial charge >= 0.3 is 0 Å². The SMILES string of the molecule is CC1CCC(NC(=O)c2cnn3ccncc23)C(C)N1. The summed E-state index contributed by atoms with van der Waals surface area (Å²) in [6.45, 7) is 4.28. The van der Waals surface area contributed by atoms with Crippen molar-refractivity contribution in [1.29, 1.82) is 0 Å². The first-order chi connectivity index (χ1) is 9.65. The number of fused-ring (bicyclic) bond motifs is 1. The topological polar surface area (TPSA) is 71.3 Å². The molecule has 1 aliphatic heterocycles. The van der Waals surface area contributed by atoms with Crippen LogP contribution in [0.15, 0.2) is 24.8 Å². The fourth-order valence-corrected chi connectivity index (χ4v) is 2.78. The van der Waals surface area contributed by atoms with Crippen LogP contribution in [0.2, 0.25) is 0 Å². The molecule has 20 heavy (non-hydrogen) atoms. The highest BCUT2D eigenvalue weighted by Gasteiger charge is 2.26. The molecule has 2 aromatic rings. The van der Waals surface area contributed by atoms with Gasteiger partial charge in [0.15, 0.2) is 0 Å². The Morgan fingerprint density at radius 1 is 1.40 bits per heavy atom. The number of piperidine rings is 1. The van der Waals surface area contributed by atoms with Gasteiger partial charge in [0.25, 0.3) is 5.91 Å². The number of aromatic nitrogens is 3. The Bertz CT molecular complexity index is 623. The van der Waals surface area contributed by atoms with E-state index in [1.807, 2.05) is 0 Å². The van der Waals surface area contributed by atoms with Crippen molar-refractivity contribution < 1.29 is 4.79 Å². The lowest BCUT2D eigenvalue weighted by Crippen LogP contribution is -2.54. The van der Waals surface area contributed by atoms with Crippen molar-refractivity contribution in [3.63, 3.8) is 0 Å². The summed E-state index contributed by atoms with van der Waals surface area (Å²) in [5.41, 5.74) is 1.30. The first kappa shape index (κ1) is 13.1. The van der Waals surface area contributed by atoms with Gasteiger partial charge in [0, 0.05) is 30.5 Å². The Hall–Kier alpha value is -1.95. The monoisotopic (exact) mass is 273 g/mol. The van der Waals surface area contributed by atoms with Gasteiger partial charge in [-0.2, -0.15) is 5.10 Å². The fourth-order valence-electron chi connectivity index (χ4n) is 2.78. The van der Waals surface area contributed by atoms with Crippen LogP contribution in [0, 0.1) is 0 Å². The van der Waals surface area contributed by atoms with E-state index in [0.29, 0.717) is 11.6 Å². The van der Waals surface area contributed by atoms with Gasteiger partial charge in [-0.15, -0.1) is 0 Å². The van der Waals surface area contributed by atoms with Crippen LogP contribution in [-0.2, 0) is 0 Å². The maximum atomic E-state index is 12.4. The van der Waals surface area contributed by atoms with Crippen LogP contribution in [0.4, 0.5) is 0 Å². The number of hydrogen-bond donors (Lipinski definition) is 2. The van der Waals surface area contributed by atoms with E-state index in [0.717, 1.165) is 18.4 Å². The maximum absolute atomic E-state index is 12.4. The van der Waals surface area contributed by atoms with Crippen LogP contribution in [0.25, 0.3) is 5.52 Å². The van der Waals surface area contributed by atoms with E-state index in [9.17, 15) is 4.79 Å². The van der Waals surface area contributed by atoms with Crippen molar-refractivity contribution in [3.05, 3.63) is 30.4 Å². The molecule has 1 amide bonds. The van der Waals surface area contributed by atoms with Gasteiger partial charge < -0.3 is 10.6 Å². The lowest BCUT2D eigenvalue weighted by Gasteiger charge is -2.34. The molecule has 3 heterocycles. The van der Waals surface area contributed by atoms with Crippen molar-refractivity contribution in [3.8, 4) is 0 Å². The molecule has 0 bridgehead atoms. The number of rotatable bonds is 2. The van der Waals surface area contributed by atoms with Crippen LogP contribution < -0.4 is 10.6 Å². The molecule has 0 radical (unpaired) electrons. The summed E-state index contributed by atoms with van der Waals surface area (Å²) in [7, 11) is 0. The minimum atomic E-state index is -0.0822. The summed E-state index contributed by atoms with van der Waals surface area (Å²) in [4.78, 5) is 16.4. The van der Waals surface area contributed by atoms with Crippen LogP contribution in [0.3, 0.4) is 0 Å². The van der Waals surface area contributed by atoms with Crippen molar-refractivity contribution >= 4 is 11.4 Å². The second-order valence-electron chi connectivity index (χ2n) is 5.48. The molecule has 0 saturated carbocycles. The molecule has 3 rings (SSSR count). The van der Waals surface area contributed by atoms with E-state index in [2.05, 4.69) is 34.6 Å². The molecule has 6 nitrogen and oxygen atoms in total. The molecule has 1 saturated heterocycles. The summed E-state index contributed by atoms with van der Waals surface area (Å²) in [5, 5.41) is 10.7. The van der Waals surface area contributed by atoms with Crippen molar-refractivity contribution in [1.82, 2.24) is 25.2 Å². The predicted octanol–water partition coefficient (Wildman–Crippen LogP) is 0.988. The average Bonchev–Trinajstić information content (AvgIpc) is 2.86. The molecular formula is C14H19N5O. The first-order valence-corrected chi connectivity index (χ1v) is 6.99. The third kappa shape index (κ3) is 2.38. The van der Waals surface area contributed by atoms with Crippen molar-refractivity contribution in [2.75, 3.05) is 0 Å². The quantitative estimate of drug-likeness (QED) is 0.856. The minimum Gasteiger partial charge on any atom is -0.348 e. The highest BCUT2D eigenvalue weighted by molar-refractivity contribution is 6.00. The summed E-state index contributed by atoms with van der Waals surface area (Å²) >= 11 is 0. The predicted molar refractivity (Wildman–Crippen MR) is 75.5 cm³/mol. The van der Waals surface area contributed by atoms with E-state index in [1.165, 1.54) is 0 Å².